The molecular weight excluding hydrogens is 301 g/mol. The second-order valence-electron chi connectivity index (χ2n) is 3.59. The summed E-state index contributed by atoms with van der Waals surface area (Å²) in [6.07, 6.45) is 0. The molecule has 0 unspecified atom stereocenters. The Kier molecular flexibility index (Phi) is 4.07. The van der Waals surface area contributed by atoms with Gasteiger partial charge in [0.1, 0.15) is 5.82 Å². The van der Waals surface area contributed by atoms with Crippen LogP contribution >= 0.6 is 27.7 Å². The van der Waals surface area contributed by atoms with Crippen molar-refractivity contribution in [2.24, 2.45) is 0 Å². The Bertz CT molecular complexity index is 531. The molecule has 0 spiro atoms. The van der Waals surface area contributed by atoms with E-state index in [1.807, 2.05) is 24.3 Å². The molecule has 0 bridgehead atoms. The molecule has 0 aliphatic carbocycles. The molecule has 17 heavy (non-hydrogen) atoms. The van der Waals surface area contributed by atoms with Gasteiger partial charge < -0.3 is 5.73 Å². The third-order valence-corrected chi connectivity index (χ3v) is 3.83. The number of nitrogen functional groups attached to an aromatic ring is 1. The third-order valence-electron chi connectivity index (χ3n) is 2.30. The highest BCUT2D eigenvalue weighted by molar-refractivity contribution is 9.10. The van der Waals surface area contributed by atoms with Crippen molar-refractivity contribution in [1.29, 1.82) is 0 Å². The van der Waals surface area contributed by atoms with Crippen molar-refractivity contribution in [3.8, 4) is 0 Å². The normalized spacial score (nSPS) is 10.5. The Morgan fingerprint density at radius 1 is 1.18 bits per heavy atom. The molecule has 2 N–H and O–H groups in total. The maximum Gasteiger partial charge on any atom is 0.124 e. The predicted molar refractivity (Wildman–Crippen MR) is 74.5 cm³/mol. The fraction of sp³-hybridized carbons (Fsp3) is 0.0769. The molecule has 0 atom stereocenters. The van der Waals surface area contributed by atoms with Gasteiger partial charge in [0.05, 0.1) is 0 Å². The van der Waals surface area contributed by atoms with E-state index in [0.29, 0.717) is 0 Å². The van der Waals surface area contributed by atoms with Crippen molar-refractivity contribution in [3.05, 3.63) is 58.3 Å². The molecule has 0 aliphatic heterocycles. The second-order valence-corrected chi connectivity index (χ2v) is 5.55. The highest BCUT2D eigenvalue weighted by Crippen LogP contribution is 2.27. The molecule has 0 fully saturated rings. The summed E-state index contributed by atoms with van der Waals surface area (Å²) in [5.41, 5.74) is 7.71. The van der Waals surface area contributed by atoms with Crippen LogP contribution < -0.4 is 5.73 Å². The first-order valence-electron chi connectivity index (χ1n) is 5.07. The summed E-state index contributed by atoms with van der Waals surface area (Å²) in [5, 5.41) is 0. The molecule has 0 amide bonds. The lowest BCUT2D eigenvalue weighted by molar-refractivity contribution is 0.624. The lowest BCUT2D eigenvalue weighted by Gasteiger charge is -2.06. The van der Waals surface area contributed by atoms with Gasteiger partial charge in [-0.1, -0.05) is 28.1 Å². The van der Waals surface area contributed by atoms with Crippen LogP contribution in [0.5, 0.6) is 0 Å². The smallest absolute Gasteiger partial charge is 0.124 e. The van der Waals surface area contributed by atoms with E-state index in [4.69, 9.17) is 5.73 Å². The molecule has 0 saturated heterocycles. The van der Waals surface area contributed by atoms with E-state index in [2.05, 4.69) is 15.9 Å². The zero-order chi connectivity index (χ0) is 12.3. The highest BCUT2D eigenvalue weighted by Gasteiger charge is 2.02. The Hall–Kier alpha value is -1.00. The largest absolute Gasteiger partial charge is 0.398 e. The van der Waals surface area contributed by atoms with Crippen LogP contribution in [0.4, 0.5) is 10.1 Å². The lowest BCUT2D eigenvalue weighted by atomic mass is 10.2. The number of nitrogens with two attached hydrogens (primary N) is 1. The van der Waals surface area contributed by atoms with Crippen molar-refractivity contribution < 1.29 is 4.39 Å². The van der Waals surface area contributed by atoms with Crippen LogP contribution in [0.1, 0.15) is 5.56 Å². The van der Waals surface area contributed by atoms with E-state index >= 15 is 0 Å². The van der Waals surface area contributed by atoms with Gasteiger partial charge in [-0.3, -0.25) is 0 Å². The van der Waals surface area contributed by atoms with Crippen molar-refractivity contribution in [1.82, 2.24) is 0 Å². The number of hydrogen-bond acceptors (Lipinski definition) is 2. The summed E-state index contributed by atoms with van der Waals surface area (Å²) in [6.45, 7) is 0. The molecule has 2 aromatic rings. The topological polar surface area (TPSA) is 26.0 Å². The molecule has 0 saturated carbocycles. The van der Waals surface area contributed by atoms with Crippen LogP contribution in [0, 0.1) is 5.82 Å². The quantitative estimate of drug-likeness (QED) is 0.669. The van der Waals surface area contributed by atoms with E-state index in [-0.39, 0.29) is 5.82 Å². The standard InChI is InChI=1S/C13H11BrFNS/c14-10-5-4-9(13(16)6-10)8-17-12-3-1-2-11(15)7-12/h1-7H,8,16H2. The van der Waals surface area contributed by atoms with Crippen molar-refractivity contribution in [2.45, 2.75) is 10.6 Å². The van der Waals surface area contributed by atoms with E-state index in [0.717, 1.165) is 26.4 Å². The molecule has 1 nitrogen and oxygen atoms in total. The maximum atomic E-state index is 13.0. The highest BCUT2D eigenvalue weighted by atomic mass is 79.9. The van der Waals surface area contributed by atoms with Crippen LogP contribution in [0.2, 0.25) is 0 Å². The summed E-state index contributed by atoms with van der Waals surface area (Å²) < 4.78 is 13.9. The molecule has 0 heterocycles. The van der Waals surface area contributed by atoms with Crippen LogP contribution in [0.15, 0.2) is 51.8 Å². The first kappa shape index (κ1) is 12.5. The molecule has 0 aromatic heterocycles. The van der Waals surface area contributed by atoms with Gasteiger partial charge in [0.2, 0.25) is 0 Å². The number of anilines is 1. The van der Waals surface area contributed by atoms with Gasteiger partial charge in [-0.2, -0.15) is 0 Å². The van der Waals surface area contributed by atoms with Crippen LogP contribution in [0.25, 0.3) is 0 Å². The fourth-order valence-corrected chi connectivity index (χ4v) is 2.75. The Labute approximate surface area is 112 Å². The molecule has 88 valence electrons. The Morgan fingerprint density at radius 3 is 2.71 bits per heavy atom. The van der Waals surface area contributed by atoms with Gasteiger partial charge in [-0.25, -0.2) is 4.39 Å². The Balaban J connectivity index is 2.07. The number of rotatable bonds is 3. The molecule has 2 aromatic carbocycles. The molecule has 0 radical (unpaired) electrons. The molecule has 0 aliphatic rings. The number of hydrogen-bond donors (Lipinski definition) is 1. The maximum absolute atomic E-state index is 13.0. The van der Waals surface area contributed by atoms with Crippen LogP contribution in [-0.2, 0) is 5.75 Å². The monoisotopic (exact) mass is 311 g/mol. The first-order valence-corrected chi connectivity index (χ1v) is 6.85. The van der Waals surface area contributed by atoms with Gasteiger partial charge >= 0.3 is 0 Å². The minimum Gasteiger partial charge on any atom is -0.398 e. The lowest BCUT2D eigenvalue weighted by Crippen LogP contribution is -1.92. The van der Waals surface area contributed by atoms with Gasteiger partial charge in [0, 0.05) is 20.8 Å². The van der Waals surface area contributed by atoms with Crippen LogP contribution in [0.3, 0.4) is 0 Å². The first-order chi connectivity index (χ1) is 8.15. The number of halogens is 2. The average molecular weight is 312 g/mol. The van der Waals surface area contributed by atoms with Gasteiger partial charge in [-0.05, 0) is 35.9 Å². The van der Waals surface area contributed by atoms with Crippen molar-refractivity contribution in [2.75, 3.05) is 5.73 Å². The molecule has 2 rings (SSSR count). The second kappa shape index (κ2) is 5.56. The zero-order valence-corrected chi connectivity index (χ0v) is 11.4. The van der Waals surface area contributed by atoms with Gasteiger partial charge in [0.25, 0.3) is 0 Å². The third kappa shape index (κ3) is 3.48. The van der Waals surface area contributed by atoms with Crippen molar-refractivity contribution >= 4 is 33.4 Å². The number of thioether (sulfide) groups is 1. The SMILES string of the molecule is Nc1cc(Br)ccc1CSc1cccc(F)c1. The zero-order valence-electron chi connectivity index (χ0n) is 8.99. The van der Waals surface area contributed by atoms with Gasteiger partial charge in [-0.15, -0.1) is 11.8 Å². The summed E-state index contributed by atoms with van der Waals surface area (Å²) in [6, 6.07) is 12.4. The van der Waals surface area contributed by atoms with Crippen LogP contribution in [-0.4, -0.2) is 0 Å². The molecular formula is C13H11BrFNS. The summed E-state index contributed by atoms with van der Waals surface area (Å²) in [7, 11) is 0. The fourth-order valence-electron chi connectivity index (χ4n) is 1.42. The average Bonchev–Trinajstić information content (AvgIpc) is 2.28. The summed E-state index contributed by atoms with van der Waals surface area (Å²) in [5.74, 6) is 0.529. The summed E-state index contributed by atoms with van der Waals surface area (Å²) >= 11 is 4.94. The minimum atomic E-state index is -0.209. The number of benzene rings is 2. The Morgan fingerprint density at radius 2 is 2.00 bits per heavy atom. The minimum absolute atomic E-state index is 0.209. The van der Waals surface area contributed by atoms with Crippen molar-refractivity contribution in [3.63, 3.8) is 0 Å². The summed E-state index contributed by atoms with van der Waals surface area (Å²) in [4.78, 5) is 0.910. The molecule has 4 heteroatoms. The van der Waals surface area contributed by atoms with E-state index in [1.165, 1.54) is 12.1 Å². The van der Waals surface area contributed by atoms with E-state index in [1.54, 1.807) is 17.8 Å². The predicted octanol–water partition coefficient (Wildman–Crippen LogP) is 4.46. The van der Waals surface area contributed by atoms with E-state index in [9.17, 15) is 4.39 Å². The van der Waals surface area contributed by atoms with E-state index < -0.39 is 0 Å². The van der Waals surface area contributed by atoms with Gasteiger partial charge in [0.15, 0.2) is 0 Å².